The lowest BCUT2D eigenvalue weighted by molar-refractivity contribution is 0.0195. The molecule has 1 aliphatic heterocycles. The highest BCUT2D eigenvalue weighted by molar-refractivity contribution is 5.68. The Kier molecular flexibility index (Phi) is 4.88. The first-order valence-electron chi connectivity index (χ1n) is 7.60. The van der Waals surface area contributed by atoms with Crippen molar-refractivity contribution in [3.63, 3.8) is 0 Å². The molecule has 1 N–H and O–H groups in total. The maximum absolute atomic E-state index is 12.1. The van der Waals surface area contributed by atoms with Crippen LogP contribution in [0.1, 0.15) is 31.9 Å². The van der Waals surface area contributed by atoms with E-state index in [4.69, 9.17) is 4.74 Å². The van der Waals surface area contributed by atoms with E-state index < -0.39 is 5.60 Å². The van der Waals surface area contributed by atoms with Gasteiger partial charge in [-0.1, -0.05) is 29.8 Å². The molecule has 1 atom stereocenters. The Hall–Kier alpha value is -1.55. The van der Waals surface area contributed by atoms with E-state index in [1.165, 1.54) is 11.1 Å². The molecule has 2 rings (SSSR count). The number of nitrogens with zero attached hydrogens (tertiary/aromatic N) is 1. The molecule has 1 aliphatic rings. The Bertz CT molecular complexity index is 477. The number of rotatable bonds is 2. The summed E-state index contributed by atoms with van der Waals surface area (Å²) in [5, 5.41) is 3.48. The van der Waals surface area contributed by atoms with Crippen LogP contribution in [0.4, 0.5) is 4.79 Å². The van der Waals surface area contributed by atoms with Crippen molar-refractivity contribution < 1.29 is 9.53 Å². The highest BCUT2D eigenvalue weighted by Crippen LogP contribution is 2.13. The first-order chi connectivity index (χ1) is 9.83. The molecule has 4 nitrogen and oxygen atoms in total. The molecule has 1 aromatic carbocycles. The average molecular weight is 290 g/mol. The molecule has 0 radical (unpaired) electrons. The molecule has 0 bridgehead atoms. The third kappa shape index (κ3) is 5.05. The minimum absolute atomic E-state index is 0.210. The van der Waals surface area contributed by atoms with Crippen LogP contribution in [0.25, 0.3) is 0 Å². The average Bonchev–Trinajstić information content (AvgIpc) is 2.40. The summed E-state index contributed by atoms with van der Waals surface area (Å²) in [4.78, 5) is 13.9. The van der Waals surface area contributed by atoms with Crippen LogP contribution >= 0.6 is 0 Å². The highest BCUT2D eigenvalue weighted by Gasteiger charge is 2.27. The van der Waals surface area contributed by atoms with E-state index in [-0.39, 0.29) is 12.1 Å². The first kappa shape index (κ1) is 15.8. The third-order valence-electron chi connectivity index (χ3n) is 3.51. The van der Waals surface area contributed by atoms with Crippen LogP contribution in [0.3, 0.4) is 0 Å². The van der Waals surface area contributed by atoms with Crippen LogP contribution in [0.2, 0.25) is 0 Å². The predicted octanol–water partition coefficient (Wildman–Crippen LogP) is 2.75. The van der Waals surface area contributed by atoms with Gasteiger partial charge in [0.05, 0.1) is 0 Å². The van der Waals surface area contributed by atoms with Gasteiger partial charge in [0.25, 0.3) is 0 Å². The maximum atomic E-state index is 12.1. The topological polar surface area (TPSA) is 41.6 Å². The van der Waals surface area contributed by atoms with E-state index in [9.17, 15) is 4.79 Å². The van der Waals surface area contributed by atoms with Gasteiger partial charge in [0.15, 0.2) is 0 Å². The summed E-state index contributed by atoms with van der Waals surface area (Å²) in [5.41, 5.74) is 2.13. The summed E-state index contributed by atoms with van der Waals surface area (Å²) < 4.78 is 5.45. The Balaban J connectivity index is 1.91. The number of ether oxygens (including phenoxy) is 1. The summed E-state index contributed by atoms with van der Waals surface area (Å²) >= 11 is 0. The van der Waals surface area contributed by atoms with Gasteiger partial charge >= 0.3 is 6.09 Å². The van der Waals surface area contributed by atoms with Crippen LogP contribution in [0.15, 0.2) is 24.3 Å². The number of hydrogen-bond donors (Lipinski definition) is 1. The number of carbonyl (C=O) groups is 1. The molecule has 116 valence electrons. The van der Waals surface area contributed by atoms with E-state index >= 15 is 0 Å². The second-order valence-corrected chi connectivity index (χ2v) is 6.77. The Morgan fingerprint density at radius 3 is 2.62 bits per heavy atom. The molecule has 0 aromatic heterocycles. The van der Waals surface area contributed by atoms with Crippen molar-refractivity contribution in [3.8, 4) is 0 Å². The van der Waals surface area contributed by atoms with Crippen molar-refractivity contribution >= 4 is 6.09 Å². The van der Waals surface area contributed by atoms with Crippen molar-refractivity contribution in [3.05, 3.63) is 35.4 Å². The lowest BCUT2D eigenvalue weighted by atomic mass is 10.0. The summed E-state index contributed by atoms with van der Waals surface area (Å²) in [6, 6.07) is 8.86. The monoisotopic (exact) mass is 290 g/mol. The molecule has 1 amide bonds. The molecule has 1 heterocycles. The number of amides is 1. The lowest BCUT2D eigenvalue weighted by Crippen LogP contribution is -2.54. The van der Waals surface area contributed by atoms with Crippen LogP contribution < -0.4 is 5.32 Å². The predicted molar refractivity (Wildman–Crippen MR) is 84.5 cm³/mol. The van der Waals surface area contributed by atoms with Crippen molar-refractivity contribution in [1.29, 1.82) is 0 Å². The molecule has 1 unspecified atom stereocenters. The lowest BCUT2D eigenvalue weighted by Gasteiger charge is -2.35. The SMILES string of the molecule is Cc1ccc(CC2CN(C(=O)OC(C)(C)C)CCN2)cc1. The Morgan fingerprint density at radius 2 is 2.00 bits per heavy atom. The van der Waals surface area contributed by atoms with Crippen LogP contribution in [-0.4, -0.2) is 42.3 Å². The molecule has 0 saturated carbocycles. The van der Waals surface area contributed by atoms with Gasteiger partial charge < -0.3 is 15.0 Å². The van der Waals surface area contributed by atoms with E-state index in [1.54, 1.807) is 4.90 Å². The minimum Gasteiger partial charge on any atom is -0.444 e. The Morgan fingerprint density at radius 1 is 1.33 bits per heavy atom. The van der Waals surface area contributed by atoms with Gasteiger partial charge in [-0.3, -0.25) is 0 Å². The number of piperazine rings is 1. The van der Waals surface area contributed by atoms with Gasteiger partial charge in [0.1, 0.15) is 5.60 Å². The van der Waals surface area contributed by atoms with Crippen molar-refractivity contribution in [2.24, 2.45) is 0 Å². The number of carbonyl (C=O) groups excluding carboxylic acids is 1. The summed E-state index contributed by atoms with van der Waals surface area (Å²) in [7, 11) is 0. The molecular formula is C17H26N2O2. The van der Waals surface area contributed by atoms with Crippen molar-refractivity contribution in [2.45, 2.75) is 45.8 Å². The van der Waals surface area contributed by atoms with Gasteiger partial charge in [-0.2, -0.15) is 0 Å². The van der Waals surface area contributed by atoms with Crippen LogP contribution in [0.5, 0.6) is 0 Å². The van der Waals surface area contributed by atoms with E-state index in [0.29, 0.717) is 13.1 Å². The Labute approximate surface area is 127 Å². The van der Waals surface area contributed by atoms with Crippen LogP contribution in [0, 0.1) is 6.92 Å². The quantitative estimate of drug-likeness (QED) is 0.910. The molecule has 1 fully saturated rings. The first-order valence-corrected chi connectivity index (χ1v) is 7.60. The van der Waals surface area contributed by atoms with Gasteiger partial charge in [-0.15, -0.1) is 0 Å². The molecule has 1 saturated heterocycles. The minimum atomic E-state index is -0.436. The third-order valence-corrected chi connectivity index (χ3v) is 3.51. The zero-order valence-electron chi connectivity index (χ0n) is 13.5. The molecule has 1 aromatic rings. The van der Waals surface area contributed by atoms with Gasteiger partial charge in [-0.05, 0) is 39.7 Å². The van der Waals surface area contributed by atoms with Crippen molar-refractivity contribution in [1.82, 2.24) is 10.2 Å². The molecular weight excluding hydrogens is 264 g/mol. The highest BCUT2D eigenvalue weighted by atomic mass is 16.6. The number of aryl methyl sites for hydroxylation is 1. The van der Waals surface area contributed by atoms with Gasteiger partial charge in [-0.25, -0.2) is 4.79 Å². The zero-order valence-corrected chi connectivity index (χ0v) is 13.5. The summed E-state index contributed by atoms with van der Waals surface area (Å²) in [6.45, 7) is 10.0. The fraction of sp³-hybridized carbons (Fsp3) is 0.588. The van der Waals surface area contributed by atoms with Gasteiger partial charge in [0, 0.05) is 25.7 Å². The normalized spacial score (nSPS) is 19.4. The molecule has 4 heteroatoms. The standard InChI is InChI=1S/C17H26N2O2/c1-13-5-7-14(8-6-13)11-15-12-19(10-9-18-15)16(20)21-17(2,3)4/h5-8,15,18H,9-12H2,1-4H3. The van der Waals surface area contributed by atoms with Crippen LogP contribution in [-0.2, 0) is 11.2 Å². The summed E-state index contributed by atoms with van der Waals surface area (Å²) in [5.74, 6) is 0. The molecule has 0 spiro atoms. The zero-order chi connectivity index (χ0) is 15.5. The van der Waals surface area contributed by atoms with E-state index in [1.807, 2.05) is 20.8 Å². The number of nitrogens with one attached hydrogen (secondary N) is 1. The fourth-order valence-electron chi connectivity index (χ4n) is 2.46. The fourth-order valence-corrected chi connectivity index (χ4v) is 2.46. The van der Waals surface area contributed by atoms with Crippen molar-refractivity contribution in [2.75, 3.05) is 19.6 Å². The largest absolute Gasteiger partial charge is 0.444 e. The number of hydrogen-bond acceptors (Lipinski definition) is 3. The number of benzene rings is 1. The maximum Gasteiger partial charge on any atom is 0.410 e. The summed E-state index contributed by atoms with van der Waals surface area (Å²) in [6.07, 6.45) is 0.720. The van der Waals surface area contributed by atoms with E-state index in [2.05, 4.69) is 36.5 Å². The molecule has 0 aliphatic carbocycles. The van der Waals surface area contributed by atoms with Gasteiger partial charge in [0.2, 0.25) is 0 Å². The molecule has 21 heavy (non-hydrogen) atoms. The smallest absolute Gasteiger partial charge is 0.410 e. The second kappa shape index (κ2) is 6.48. The second-order valence-electron chi connectivity index (χ2n) is 6.77. The van der Waals surface area contributed by atoms with E-state index in [0.717, 1.165) is 13.0 Å².